The van der Waals surface area contributed by atoms with Gasteiger partial charge in [-0.2, -0.15) is 0 Å². The van der Waals surface area contributed by atoms with Gasteiger partial charge in [-0.15, -0.1) is 0 Å². The van der Waals surface area contributed by atoms with Crippen LogP contribution in [0.1, 0.15) is 84.5 Å². The van der Waals surface area contributed by atoms with Crippen LogP contribution < -0.4 is 9.64 Å². The van der Waals surface area contributed by atoms with E-state index in [4.69, 9.17) is 32.4 Å². The van der Waals surface area contributed by atoms with Crippen LogP contribution in [0.5, 0.6) is 5.75 Å². The van der Waals surface area contributed by atoms with E-state index >= 15 is 0 Å². The quantitative estimate of drug-likeness (QED) is 0.197. The number of anilines is 1. The van der Waals surface area contributed by atoms with Gasteiger partial charge in [-0.05, 0) is 88.3 Å². The first-order valence-electron chi connectivity index (χ1n) is 16.9. The number of halogens is 1. The lowest BCUT2D eigenvalue weighted by Crippen LogP contribution is -2.66. The average molecular weight is 664 g/mol. The molecule has 0 spiro atoms. The van der Waals surface area contributed by atoms with Crippen molar-refractivity contribution in [3.05, 3.63) is 64.5 Å². The van der Waals surface area contributed by atoms with Crippen molar-refractivity contribution in [2.24, 2.45) is 22.7 Å². The zero-order valence-corrected chi connectivity index (χ0v) is 29.7. The van der Waals surface area contributed by atoms with Crippen LogP contribution in [-0.4, -0.2) is 67.4 Å². The second-order valence-corrected chi connectivity index (χ2v) is 16.1. The Kier molecular flexibility index (Phi) is 10.2. The minimum Gasteiger partial charge on any atom is -0.489 e. The highest BCUT2D eigenvalue weighted by Gasteiger charge is 2.63. The number of ether oxygens (including phenoxy) is 3. The van der Waals surface area contributed by atoms with Gasteiger partial charge in [0, 0.05) is 61.3 Å². The smallest absolute Gasteiger partial charge is 0.410 e. The molecule has 1 aliphatic carbocycles. The van der Waals surface area contributed by atoms with Crippen LogP contribution in [-0.2, 0) is 9.47 Å². The molecule has 2 aromatic rings. The molecular formula is C38H50ClN3O5. The van der Waals surface area contributed by atoms with E-state index < -0.39 is 5.60 Å². The highest BCUT2D eigenvalue weighted by atomic mass is 35.5. The van der Waals surface area contributed by atoms with Crippen molar-refractivity contribution in [2.45, 2.75) is 92.0 Å². The monoisotopic (exact) mass is 663 g/mol. The number of carbonyl (C=O) groups excluding carboxylic acids is 2. The number of benzene rings is 2. The number of Topliss-reactive ketones (excluding diaryl/α,β-unsaturated/α-hetero) is 1. The van der Waals surface area contributed by atoms with E-state index in [0.29, 0.717) is 41.9 Å². The molecule has 0 radical (unpaired) electrons. The van der Waals surface area contributed by atoms with Gasteiger partial charge in [-0.3, -0.25) is 4.79 Å². The summed E-state index contributed by atoms with van der Waals surface area (Å²) in [7, 11) is 0. The van der Waals surface area contributed by atoms with Crippen LogP contribution in [0.4, 0.5) is 16.2 Å². The number of carbonyl (C=O) groups is 2. The second kappa shape index (κ2) is 13.7. The normalized spacial score (nSPS) is 23.9. The zero-order valence-electron chi connectivity index (χ0n) is 29.0. The predicted octanol–water partition coefficient (Wildman–Crippen LogP) is 8.84. The Labute approximate surface area is 285 Å². The average Bonchev–Trinajstić information content (AvgIpc) is 3.50. The topological polar surface area (TPSA) is 72.7 Å². The summed E-state index contributed by atoms with van der Waals surface area (Å²) in [5.41, 5.74) is 1.34. The molecule has 0 N–H and O–H groups in total. The van der Waals surface area contributed by atoms with Gasteiger partial charge in [-0.25, -0.2) is 9.64 Å². The fraction of sp³-hybridized carbons (Fsp3) is 0.605. The van der Waals surface area contributed by atoms with Crippen molar-refractivity contribution in [2.75, 3.05) is 37.7 Å². The van der Waals surface area contributed by atoms with Gasteiger partial charge in [0.05, 0.1) is 17.7 Å². The van der Waals surface area contributed by atoms with E-state index in [0.717, 1.165) is 50.2 Å². The molecule has 5 rings (SSSR count). The van der Waals surface area contributed by atoms with Gasteiger partial charge in [0.25, 0.3) is 0 Å². The third-order valence-corrected chi connectivity index (χ3v) is 10.7. The predicted molar refractivity (Wildman–Crippen MR) is 186 cm³/mol. The van der Waals surface area contributed by atoms with Gasteiger partial charge in [0.15, 0.2) is 5.78 Å². The Bertz CT molecular complexity index is 1470. The molecule has 1 atom stereocenters. The molecule has 3 aliphatic rings. The highest BCUT2D eigenvalue weighted by molar-refractivity contribution is 6.33. The lowest BCUT2D eigenvalue weighted by Gasteiger charge is -2.63. The van der Waals surface area contributed by atoms with E-state index in [9.17, 15) is 9.59 Å². The fourth-order valence-corrected chi connectivity index (χ4v) is 8.16. The Hall–Kier alpha value is -3.28. The van der Waals surface area contributed by atoms with Crippen molar-refractivity contribution < 1.29 is 23.8 Å². The first kappa shape index (κ1) is 35.0. The minimum atomic E-state index is -0.474. The molecule has 2 aliphatic heterocycles. The summed E-state index contributed by atoms with van der Waals surface area (Å²) in [4.78, 5) is 33.4. The molecule has 1 saturated carbocycles. The maximum Gasteiger partial charge on any atom is 0.410 e. The van der Waals surface area contributed by atoms with Crippen LogP contribution in [0.25, 0.3) is 4.85 Å². The summed E-state index contributed by atoms with van der Waals surface area (Å²) in [6.45, 7) is 25.5. The lowest BCUT2D eigenvalue weighted by atomic mass is 9.44. The molecule has 9 heteroatoms. The van der Waals surface area contributed by atoms with Crippen molar-refractivity contribution >= 4 is 34.9 Å². The van der Waals surface area contributed by atoms with Crippen LogP contribution in [0, 0.1) is 29.2 Å². The van der Waals surface area contributed by atoms with Crippen LogP contribution in [0.15, 0.2) is 42.5 Å². The Morgan fingerprint density at radius 2 is 1.64 bits per heavy atom. The van der Waals surface area contributed by atoms with Crippen LogP contribution in [0.2, 0.25) is 5.02 Å². The largest absolute Gasteiger partial charge is 0.489 e. The molecule has 1 amide bonds. The maximum absolute atomic E-state index is 13.5. The van der Waals surface area contributed by atoms with Crippen molar-refractivity contribution in [3.63, 3.8) is 0 Å². The number of hydrogen-bond donors (Lipinski definition) is 0. The molecule has 8 nitrogen and oxygen atoms in total. The van der Waals surface area contributed by atoms with Gasteiger partial charge in [0.1, 0.15) is 17.5 Å². The SMILES string of the molecule is [C-]#[N+]c1ccc(OC2C(C)(C)C(CC(=O)c3ccc(N4CC[C@H](OCC5CCN(C(=O)OC(C)(C)C)CC5)C4)cc3)C2(C)C)cc1Cl. The van der Waals surface area contributed by atoms with Crippen LogP contribution >= 0.6 is 11.6 Å². The van der Waals surface area contributed by atoms with Gasteiger partial charge < -0.3 is 24.0 Å². The molecule has 0 unspecified atom stereocenters. The molecule has 0 bridgehead atoms. The number of likely N-dealkylation sites (tertiary alicyclic amines) is 1. The van der Waals surface area contributed by atoms with E-state index in [2.05, 4.69) is 49.6 Å². The maximum atomic E-state index is 13.5. The number of rotatable bonds is 9. The van der Waals surface area contributed by atoms with E-state index in [1.54, 1.807) is 18.2 Å². The summed E-state index contributed by atoms with van der Waals surface area (Å²) in [5.74, 6) is 1.39. The molecule has 2 heterocycles. The number of piperidine rings is 1. The van der Waals surface area contributed by atoms with Crippen molar-refractivity contribution in [1.29, 1.82) is 0 Å². The summed E-state index contributed by atoms with van der Waals surface area (Å²) < 4.78 is 18.3. The summed E-state index contributed by atoms with van der Waals surface area (Å²) in [6, 6.07) is 13.2. The first-order valence-corrected chi connectivity index (χ1v) is 17.3. The number of amides is 1. The van der Waals surface area contributed by atoms with Gasteiger partial charge in [0.2, 0.25) is 5.69 Å². The molecular weight excluding hydrogens is 614 g/mol. The van der Waals surface area contributed by atoms with Crippen molar-refractivity contribution in [3.8, 4) is 5.75 Å². The molecule has 2 aromatic carbocycles. The van der Waals surface area contributed by atoms with Gasteiger partial charge >= 0.3 is 6.09 Å². The second-order valence-electron chi connectivity index (χ2n) is 15.7. The summed E-state index contributed by atoms with van der Waals surface area (Å²) >= 11 is 6.25. The lowest BCUT2D eigenvalue weighted by molar-refractivity contribution is -0.196. The summed E-state index contributed by atoms with van der Waals surface area (Å²) in [5, 5.41) is 0.383. The van der Waals surface area contributed by atoms with E-state index in [1.165, 1.54) is 0 Å². The van der Waals surface area contributed by atoms with E-state index in [1.807, 2.05) is 37.8 Å². The Balaban J connectivity index is 1.08. The fourth-order valence-electron chi connectivity index (χ4n) is 7.95. The molecule has 254 valence electrons. The first-order chi connectivity index (χ1) is 22.1. The Morgan fingerprint density at radius 1 is 0.979 bits per heavy atom. The number of hydrogen-bond acceptors (Lipinski definition) is 6. The highest BCUT2D eigenvalue weighted by Crippen LogP contribution is 2.61. The molecule has 2 saturated heterocycles. The molecule has 3 fully saturated rings. The van der Waals surface area contributed by atoms with Crippen molar-refractivity contribution in [1.82, 2.24) is 4.90 Å². The van der Waals surface area contributed by atoms with E-state index in [-0.39, 0.29) is 40.8 Å². The molecule has 0 aromatic heterocycles. The van der Waals surface area contributed by atoms with Crippen LogP contribution in [0.3, 0.4) is 0 Å². The standard InChI is InChI=1S/C38H50ClN3O5/c1-36(2,3)47-35(44)41-18-15-25(16-19-41)24-45-29-17-20-42(23-29)27-11-9-26(10-12-27)32(43)22-33-37(4,5)34(38(33,6)7)46-28-13-14-31(40-8)30(39)21-28/h9-14,21,25,29,33-34H,15-20,22-24H2,1-7H3/t29-,33?,34?/m0/s1. The Morgan fingerprint density at radius 3 is 2.23 bits per heavy atom. The summed E-state index contributed by atoms with van der Waals surface area (Å²) in [6.07, 6.45) is 3.15. The molecule has 47 heavy (non-hydrogen) atoms. The third-order valence-electron chi connectivity index (χ3n) is 10.4. The van der Waals surface area contributed by atoms with Gasteiger partial charge in [-0.1, -0.05) is 45.4 Å². The number of nitrogens with zero attached hydrogens (tertiary/aromatic N) is 3. The zero-order chi connectivity index (χ0) is 34.1. The number of ketones is 1. The minimum absolute atomic E-state index is 0.0968. The third kappa shape index (κ3) is 7.90.